The summed E-state index contributed by atoms with van der Waals surface area (Å²) in [6, 6.07) is 14.3. The molecule has 0 aliphatic carbocycles. The summed E-state index contributed by atoms with van der Waals surface area (Å²) >= 11 is 0. The molecule has 154 valence electrons. The number of hydrogen-bond acceptors (Lipinski definition) is 5. The van der Waals surface area contributed by atoms with Crippen molar-refractivity contribution in [3.05, 3.63) is 53.6 Å². The van der Waals surface area contributed by atoms with Gasteiger partial charge in [0.25, 0.3) is 0 Å². The summed E-state index contributed by atoms with van der Waals surface area (Å²) in [6.07, 6.45) is 0.959. The molecule has 1 amide bonds. The van der Waals surface area contributed by atoms with Crippen LogP contribution in [-0.4, -0.2) is 69.2 Å². The highest BCUT2D eigenvalue weighted by molar-refractivity contribution is 5.96. The van der Waals surface area contributed by atoms with Crippen LogP contribution in [-0.2, 0) is 17.8 Å². The largest absolute Gasteiger partial charge is 0.493 e. The van der Waals surface area contributed by atoms with E-state index in [1.54, 1.807) is 14.2 Å². The molecule has 6 heteroatoms. The molecule has 4 rings (SSSR count). The first-order chi connectivity index (χ1) is 14.2. The summed E-state index contributed by atoms with van der Waals surface area (Å²) < 4.78 is 10.7. The van der Waals surface area contributed by atoms with E-state index in [9.17, 15) is 4.79 Å². The summed E-state index contributed by atoms with van der Waals surface area (Å²) in [5.41, 5.74) is 3.58. The van der Waals surface area contributed by atoms with Crippen molar-refractivity contribution in [3.63, 3.8) is 0 Å². The number of carbonyl (C=O) groups excluding carboxylic acids is 1. The maximum absolute atomic E-state index is 12.8. The molecule has 0 bridgehead atoms. The number of benzene rings is 2. The summed E-state index contributed by atoms with van der Waals surface area (Å²) in [7, 11) is 3.31. The van der Waals surface area contributed by atoms with Gasteiger partial charge in [0.1, 0.15) is 0 Å². The number of carbonyl (C=O) groups is 1. The van der Waals surface area contributed by atoms with Gasteiger partial charge in [0, 0.05) is 45.0 Å². The number of anilines is 1. The third-order valence-corrected chi connectivity index (χ3v) is 5.87. The van der Waals surface area contributed by atoms with Crippen LogP contribution in [0.25, 0.3) is 0 Å². The van der Waals surface area contributed by atoms with Crippen molar-refractivity contribution in [1.82, 2.24) is 9.80 Å². The number of para-hydroxylation sites is 1. The molecule has 0 unspecified atom stereocenters. The Kier molecular flexibility index (Phi) is 6.02. The summed E-state index contributed by atoms with van der Waals surface area (Å²) in [5.74, 6) is 1.73. The van der Waals surface area contributed by atoms with Gasteiger partial charge in [-0.3, -0.25) is 14.6 Å². The molecule has 2 heterocycles. The lowest BCUT2D eigenvalue weighted by molar-refractivity contribution is -0.120. The maximum Gasteiger partial charge on any atom is 0.241 e. The minimum atomic E-state index is 0.211. The van der Waals surface area contributed by atoms with Gasteiger partial charge in [0.05, 0.1) is 20.8 Å². The molecule has 0 radical (unpaired) electrons. The topological polar surface area (TPSA) is 45.2 Å². The lowest BCUT2D eigenvalue weighted by Gasteiger charge is -2.35. The minimum Gasteiger partial charge on any atom is -0.493 e. The number of hydrogen-bond donors (Lipinski definition) is 0. The van der Waals surface area contributed by atoms with Gasteiger partial charge in [-0.2, -0.15) is 0 Å². The van der Waals surface area contributed by atoms with Gasteiger partial charge in [-0.15, -0.1) is 0 Å². The van der Waals surface area contributed by atoms with Gasteiger partial charge >= 0.3 is 0 Å². The number of fused-ring (bicyclic) bond motifs is 1. The van der Waals surface area contributed by atoms with Crippen molar-refractivity contribution >= 4 is 11.6 Å². The lowest BCUT2D eigenvalue weighted by atomic mass is 10.1. The maximum atomic E-state index is 12.8. The van der Waals surface area contributed by atoms with Crippen molar-refractivity contribution in [3.8, 4) is 11.5 Å². The predicted octanol–water partition coefficient (Wildman–Crippen LogP) is 2.41. The van der Waals surface area contributed by atoms with Crippen LogP contribution in [0.5, 0.6) is 11.5 Å². The van der Waals surface area contributed by atoms with E-state index in [-0.39, 0.29) is 5.91 Å². The summed E-state index contributed by atoms with van der Waals surface area (Å²) in [6.45, 7) is 5.91. The first-order valence-corrected chi connectivity index (χ1v) is 10.2. The van der Waals surface area contributed by atoms with Gasteiger partial charge in [-0.1, -0.05) is 24.3 Å². The fraction of sp³-hybridized carbons (Fsp3) is 0.435. The van der Waals surface area contributed by atoms with Crippen molar-refractivity contribution in [2.24, 2.45) is 0 Å². The molecule has 0 saturated carbocycles. The summed E-state index contributed by atoms with van der Waals surface area (Å²) in [4.78, 5) is 19.5. The Balaban J connectivity index is 1.28. The first kappa shape index (κ1) is 19.7. The van der Waals surface area contributed by atoms with Crippen LogP contribution < -0.4 is 14.4 Å². The van der Waals surface area contributed by atoms with Gasteiger partial charge in [-0.05, 0) is 35.7 Å². The highest BCUT2D eigenvalue weighted by atomic mass is 16.5. The van der Waals surface area contributed by atoms with E-state index in [1.165, 1.54) is 11.1 Å². The van der Waals surface area contributed by atoms with Crippen molar-refractivity contribution < 1.29 is 14.3 Å². The number of rotatable bonds is 6. The molecule has 29 heavy (non-hydrogen) atoms. The second-order valence-corrected chi connectivity index (χ2v) is 7.67. The molecule has 1 saturated heterocycles. The second-order valence-electron chi connectivity index (χ2n) is 7.67. The zero-order valence-electron chi connectivity index (χ0n) is 17.3. The molecule has 0 spiro atoms. The molecule has 2 aromatic rings. The van der Waals surface area contributed by atoms with E-state index in [0.717, 1.165) is 62.9 Å². The van der Waals surface area contributed by atoms with Crippen molar-refractivity contribution in [1.29, 1.82) is 0 Å². The Morgan fingerprint density at radius 2 is 1.62 bits per heavy atom. The average molecular weight is 396 g/mol. The Hall–Kier alpha value is -2.57. The van der Waals surface area contributed by atoms with Crippen LogP contribution >= 0.6 is 0 Å². The molecule has 0 aromatic heterocycles. The highest BCUT2D eigenvalue weighted by Crippen LogP contribution is 2.29. The fourth-order valence-corrected chi connectivity index (χ4v) is 4.22. The van der Waals surface area contributed by atoms with Crippen molar-refractivity contribution in [2.75, 3.05) is 58.4 Å². The van der Waals surface area contributed by atoms with Crippen LogP contribution in [0.2, 0.25) is 0 Å². The monoisotopic (exact) mass is 395 g/mol. The van der Waals surface area contributed by atoms with E-state index in [2.05, 4.69) is 28.0 Å². The van der Waals surface area contributed by atoms with E-state index in [1.807, 2.05) is 29.2 Å². The van der Waals surface area contributed by atoms with Crippen LogP contribution in [0.3, 0.4) is 0 Å². The standard InChI is InChI=1S/C23H29N3O3/c1-28-21-8-7-18(15-22(21)29-2)16-24-11-13-25(14-12-24)17-23(27)26-10-9-19-5-3-4-6-20(19)26/h3-8,15H,9-14,16-17H2,1-2H3. The third-order valence-electron chi connectivity index (χ3n) is 5.87. The van der Waals surface area contributed by atoms with Crippen molar-refractivity contribution in [2.45, 2.75) is 13.0 Å². The zero-order valence-corrected chi connectivity index (χ0v) is 17.3. The van der Waals surface area contributed by atoms with Gasteiger partial charge in [-0.25, -0.2) is 0 Å². The normalized spacial score (nSPS) is 17.2. The number of methoxy groups -OCH3 is 2. The van der Waals surface area contributed by atoms with Gasteiger partial charge in [0.2, 0.25) is 5.91 Å². The van der Waals surface area contributed by atoms with E-state index >= 15 is 0 Å². The van der Waals surface area contributed by atoms with E-state index in [4.69, 9.17) is 9.47 Å². The number of amides is 1. The van der Waals surface area contributed by atoms with Crippen LogP contribution in [0, 0.1) is 0 Å². The molecule has 2 aliphatic rings. The van der Waals surface area contributed by atoms with E-state index < -0.39 is 0 Å². The number of ether oxygens (including phenoxy) is 2. The van der Waals surface area contributed by atoms with Gasteiger partial charge in [0.15, 0.2) is 11.5 Å². The molecule has 2 aromatic carbocycles. The fourth-order valence-electron chi connectivity index (χ4n) is 4.22. The number of nitrogens with zero attached hydrogens (tertiary/aromatic N) is 3. The minimum absolute atomic E-state index is 0.211. The Morgan fingerprint density at radius 3 is 2.38 bits per heavy atom. The molecule has 0 N–H and O–H groups in total. The smallest absolute Gasteiger partial charge is 0.241 e. The second kappa shape index (κ2) is 8.84. The Labute approximate surface area is 172 Å². The first-order valence-electron chi connectivity index (χ1n) is 10.2. The Morgan fingerprint density at radius 1 is 0.897 bits per heavy atom. The summed E-state index contributed by atoms with van der Waals surface area (Å²) in [5, 5.41) is 0. The highest BCUT2D eigenvalue weighted by Gasteiger charge is 2.27. The Bertz CT molecular complexity index is 862. The molecular weight excluding hydrogens is 366 g/mol. The quantitative estimate of drug-likeness (QED) is 0.752. The average Bonchev–Trinajstić information content (AvgIpc) is 3.19. The van der Waals surface area contributed by atoms with Gasteiger partial charge < -0.3 is 14.4 Å². The molecular formula is C23H29N3O3. The molecule has 6 nitrogen and oxygen atoms in total. The zero-order chi connectivity index (χ0) is 20.2. The third kappa shape index (κ3) is 4.38. The molecule has 0 atom stereocenters. The lowest BCUT2D eigenvalue weighted by Crippen LogP contribution is -2.49. The molecule has 1 fully saturated rings. The SMILES string of the molecule is COc1ccc(CN2CCN(CC(=O)N3CCc4ccccc43)CC2)cc1OC. The van der Waals surface area contributed by atoms with Crippen LogP contribution in [0.4, 0.5) is 5.69 Å². The van der Waals surface area contributed by atoms with E-state index in [0.29, 0.717) is 6.54 Å². The van der Waals surface area contributed by atoms with Crippen LogP contribution in [0.15, 0.2) is 42.5 Å². The number of piperazine rings is 1. The predicted molar refractivity (Wildman–Crippen MR) is 114 cm³/mol. The van der Waals surface area contributed by atoms with Crippen LogP contribution in [0.1, 0.15) is 11.1 Å². The molecule has 2 aliphatic heterocycles.